The van der Waals surface area contributed by atoms with Gasteiger partial charge in [-0.1, -0.05) is 26.0 Å². The third-order valence-electron chi connectivity index (χ3n) is 4.48. The average Bonchev–Trinajstić information content (AvgIpc) is 3.13. The van der Waals surface area contributed by atoms with Crippen LogP contribution in [0.2, 0.25) is 0 Å². The molecule has 1 aromatic heterocycles. The van der Waals surface area contributed by atoms with Gasteiger partial charge in [0, 0.05) is 17.0 Å². The van der Waals surface area contributed by atoms with Gasteiger partial charge in [0.05, 0.1) is 35.5 Å². The first-order valence-corrected chi connectivity index (χ1v) is 11.4. The van der Waals surface area contributed by atoms with Crippen molar-refractivity contribution in [3.8, 4) is 22.8 Å². The van der Waals surface area contributed by atoms with E-state index < -0.39 is 10.0 Å². The van der Waals surface area contributed by atoms with Crippen LogP contribution in [0.5, 0.6) is 11.5 Å². The SMILES string of the molecule is COc1ccc(NS(=O)(=O)c2cc(-c3csc(C)n3)ccc2C(C)C)cc1OC. The summed E-state index contributed by atoms with van der Waals surface area (Å²) in [6.45, 7) is 5.86. The van der Waals surface area contributed by atoms with E-state index in [-0.39, 0.29) is 10.8 Å². The van der Waals surface area contributed by atoms with E-state index in [1.54, 1.807) is 24.3 Å². The fraction of sp³-hybridized carbons (Fsp3) is 0.286. The van der Waals surface area contributed by atoms with Crippen molar-refractivity contribution in [1.29, 1.82) is 0 Å². The molecule has 1 N–H and O–H groups in total. The molecule has 0 saturated heterocycles. The number of ether oxygens (including phenoxy) is 2. The maximum atomic E-state index is 13.3. The summed E-state index contributed by atoms with van der Waals surface area (Å²) in [6, 6.07) is 10.4. The molecule has 0 amide bonds. The van der Waals surface area contributed by atoms with E-state index in [9.17, 15) is 8.42 Å². The van der Waals surface area contributed by atoms with Crippen molar-refractivity contribution in [2.75, 3.05) is 18.9 Å². The molecule has 0 saturated carbocycles. The highest BCUT2D eigenvalue weighted by Gasteiger charge is 2.22. The molecular formula is C21H24N2O4S2. The Bertz CT molecular complexity index is 1120. The molecule has 0 fully saturated rings. The zero-order chi connectivity index (χ0) is 21.2. The number of aryl methyl sites for hydroxylation is 1. The van der Waals surface area contributed by atoms with Gasteiger partial charge in [-0.05, 0) is 36.6 Å². The molecule has 8 heteroatoms. The summed E-state index contributed by atoms with van der Waals surface area (Å²) in [4.78, 5) is 4.72. The minimum atomic E-state index is -3.83. The average molecular weight is 433 g/mol. The monoisotopic (exact) mass is 432 g/mol. The lowest BCUT2D eigenvalue weighted by Crippen LogP contribution is -2.16. The van der Waals surface area contributed by atoms with Crippen molar-refractivity contribution in [2.24, 2.45) is 0 Å². The molecule has 0 aliphatic heterocycles. The molecular weight excluding hydrogens is 408 g/mol. The highest BCUT2D eigenvalue weighted by Crippen LogP contribution is 2.33. The van der Waals surface area contributed by atoms with E-state index in [4.69, 9.17) is 9.47 Å². The molecule has 0 spiro atoms. The number of anilines is 1. The second kappa shape index (κ2) is 8.42. The summed E-state index contributed by atoms with van der Waals surface area (Å²) >= 11 is 1.53. The van der Waals surface area contributed by atoms with E-state index >= 15 is 0 Å². The summed E-state index contributed by atoms with van der Waals surface area (Å²) in [5.41, 5.74) is 2.68. The van der Waals surface area contributed by atoms with Crippen LogP contribution in [0, 0.1) is 6.92 Å². The molecule has 2 aromatic carbocycles. The predicted octanol–water partition coefficient (Wildman–Crippen LogP) is 5.06. The van der Waals surface area contributed by atoms with Gasteiger partial charge in [-0.25, -0.2) is 13.4 Å². The Morgan fingerprint density at radius 3 is 2.34 bits per heavy atom. The third kappa shape index (κ3) is 4.54. The van der Waals surface area contributed by atoms with Gasteiger partial charge in [0.15, 0.2) is 11.5 Å². The molecule has 3 rings (SSSR count). The quantitative estimate of drug-likeness (QED) is 0.565. The fourth-order valence-electron chi connectivity index (χ4n) is 3.01. The second-order valence-electron chi connectivity index (χ2n) is 6.83. The molecule has 6 nitrogen and oxygen atoms in total. The molecule has 154 valence electrons. The lowest BCUT2D eigenvalue weighted by molar-refractivity contribution is 0.355. The number of thiazole rings is 1. The fourth-order valence-corrected chi connectivity index (χ4v) is 5.07. The minimum absolute atomic E-state index is 0.0400. The largest absolute Gasteiger partial charge is 0.493 e. The highest BCUT2D eigenvalue weighted by molar-refractivity contribution is 7.92. The van der Waals surface area contributed by atoms with E-state index in [1.165, 1.54) is 25.6 Å². The molecule has 29 heavy (non-hydrogen) atoms. The maximum absolute atomic E-state index is 13.3. The van der Waals surface area contributed by atoms with Crippen molar-refractivity contribution >= 4 is 27.0 Å². The summed E-state index contributed by atoms with van der Waals surface area (Å²) in [5, 5.41) is 2.86. The Balaban J connectivity index is 2.05. The van der Waals surface area contributed by atoms with Crippen LogP contribution in [-0.4, -0.2) is 27.6 Å². The predicted molar refractivity (Wildman–Crippen MR) is 117 cm³/mol. The van der Waals surface area contributed by atoms with Crippen LogP contribution in [0.3, 0.4) is 0 Å². The van der Waals surface area contributed by atoms with Crippen LogP contribution >= 0.6 is 11.3 Å². The zero-order valence-electron chi connectivity index (χ0n) is 17.0. The number of hydrogen-bond donors (Lipinski definition) is 1. The van der Waals surface area contributed by atoms with E-state index in [0.717, 1.165) is 21.8 Å². The van der Waals surface area contributed by atoms with Gasteiger partial charge < -0.3 is 9.47 Å². The lowest BCUT2D eigenvalue weighted by atomic mass is 10.0. The van der Waals surface area contributed by atoms with Crippen LogP contribution in [-0.2, 0) is 10.0 Å². The molecule has 0 radical (unpaired) electrons. The number of methoxy groups -OCH3 is 2. The number of nitrogens with zero attached hydrogens (tertiary/aromatic N) is 1. The molecule has 0 atom stereocenters. The minimum Gasteiger partial charge on any atom is -0.493 e. The van der Waals surface area contributed by atoms with Gasteiger partial charge in [-0.15, -0.1) is 11.3 Å². The Morgan fingerprint density at radius 2 is 1.76 bits per heavy atom. The summed E-state index contributed by atoms with van der Waals surface area (Å²) < 4.78 is 39.7. The van der Waals surface area contributed by atoms with Gasteiger partial charge in [-0.2, -0.15) is 0 Å². The number of benzene rings is 2. The van der Waals surface area contributed by atoms with Crippen molar-refractivity contribution in [1.82, 2.24) is 4.98 Å². The number of hydrogen-bond acceptors (Lipinski definition) is 6. The number of aromatic nitrogens is 1. The number of sulfonamides is 1. The first kappa shape index (κ1) is 21.1. The van der Waals surface area contributed by atoms with Gasteiger partial charge in [0.1, 0.15) is 0 Å². The van der Waals surface area contributed by atoms with Crippen molar-refractivity contribution in [3.63, 3.8) is 0 Å². The van der Waals surface area contributed by atoms with Crippen LogP contribution < -0.4 is 14.2 Å². The van der Waals surface area contributed by atoms with Gasteiger partial charge >= 0.3 is 0 Å². The zero-order valence-corrected chi connectivity index (χ0v) is 18.6. The van der Waals surface area contributed by atoms with Crippen LogP contribution in [0.1, 0.15) is 30.3 Å². The van der Waals surface area contributed by atoms with Gasteiger partial charge in [0.25, 0.3) is 10.0 Å². The molecule has 0 unspecified atom stereocenters. The first-order chi connectivity index (χ1) is 13.7. The topological polar surface area (TPSA) is 77.5 Å². The van der Waals surface area contributed by atoms with Crippen LogP contribution in [0.4, 0.5) is 5.69 Å². The van der Waals surface area contributed by atoms with Gasteiger partial charge in [0.2, 0.25) is 0 Å². The smallest absolute Gasteiger partial charge is 0.262 e. The lowest BCUT2D eigenvalue weighted by Gasteiger charge is -2.16. The van der Waals surface area contributed by atoms with E-state index in [0.29, 0.717) is 17.2 Å². The Kier molecular flexibility index (Phi) is 6.14. The summed E-state index contributed by atoms with van der Waals surface area (Å²) in [6.07, 6.45) is 0. The van der Waals surface area contributed by atoms with E-state index in [1.807, 2.05) is 38.3 Å². The van der Waals surface area contributed by atoms with Crippen LogP contribution in [0.25, 0.3) is 11.3 Å². The molecule has 0 aliphatic carbocycles. The standard InChI is InChI=1S/C21H24N2O4S2/c1-13(2)17-8-6-15(18-12-28-14(3)22-18)10-21(17)29(24,25)23-16-7-9-19(26-4)20(11-16)27-5/h6-13,23H,1-5H3. The Labute approximate surface area is 175 Å². The maximum Gasteiger partial charge on any atom is 0.262 e. The highest BCUT2D eigenvalue weighted by atomic mass is 32.2. The molecule has 1 heterocycles. The van der Waals surface area contributed by atoms with Crippen molar-refractivity contribution < 1.29 is 17.9 Å². The molecule has 3 aromatic rings. The van der Waals surface area contributed by atoms with Crippen molar-refractivity contribution in [2.45, 2.75) is 31.6 Å². The number of nitrogens with one attached hydrogen (secondary N) is 1. The van der Waals surface area contributed by atoms with Crippen LogP contribution in [0.15, 0.2) is 46.7 Å². The molecule has 0 bridgehead atoms. The normalized spacial score (nSPS) is 11.5. The number of rotatable bonds is 7. The Hall–Kier alpha value is -2.58. The van der Waals surface area contributed by atoms with Gasteiger partial charge in [-0.3, -0.25) is 4.72 Å². The summed E-state index contributed by atoms with van der Waals surface area (Å²) in [7, 11) is -0.792. The third-order valence-corrected chi connectivity index (χ3v) is 6.69. The second-order valence-corrected chi connectivity index (χ2v) is 9.55. The first-order valence-electron chi connectivity index (χ1n) is 9.06. The van der Waals surface area contributed by atoms with E-state index in [2.05, 4.69) is 9.71 Å². The molecule has 0 aliphatic rings. The summed E-state index contributed by atoms with van der Waals surface area (Å²) in [5.74, 6) is 1.01. The Morgan fingerprint density at radius 1 is 1.03 bits per heavy atom. The van der Waals surface area contributed by atoms with Crippen molar-refractivity contribution in [3.05, 3.63) is 52.3 Å².